The molecule has 0 aromatic carbocycles. The van der Waals surface area contributed by atoms with Gasteiger partial charge in [-0.15, -0.1) is 0 Å². The first-order valence-corrected chi connectivity index (χ1v) is 6.31. The Balaban J connectivity index is 2.37. The van der Waals surface area contributed by atoms with Gasteiger partial charge < -0.3 is 10.1 Å². The molecule has 0 spiro atoms. The minimum atomic E-state index is 0.651. The lowest BCUT2D eigenvalue weighted by molar-refractivity contribution is 0.398. The molecule has 0 aliphatic heterocycles. The van der Waals surface area contributed by atoms with Gasteiger partial charge in [-0.05, 0) is 18.7 Å². The molecule has 0 radical (unpaired) electrons. The first-order valence-electron chi connectivity index (χ1n) is 5.03. The molecule has 1 rings (SSSR count). The van der Waals surface area contributed by atoms with E-state index in [0.717, 1.165) is 18.7 Å². The number of methoxy groups -OCH3 is 1. The Morgan fingerprint density at radius 2 is 2.40 bits per heavy atom. The summed E-state index contributed by atoms with van der Waals surface area (Å²) in [4.78, 5) is 4.05. The molecular formula is C11H18N2OS. The molecule has 3 nitrogen and oxygen atoms in total. The predicted octanol–water partition coefficient (Wildman–Crippen LogP) is 2.64. The standard InChI is InChI=1S/C11H18N2OS/c1-9(15-3)4-6-12-10-5-7-13-11(8-10)14-2/h5,7-9H,4,6H2,1-3H3,(H,12,13). The Kier molecular flexibility index (Phi) is 5.32. The SMILES string of the molecule is COc1cc(NCCC(C)SC)ccn1. The van der Waals surface area contributed by atoms with E-state index >= 15 is 0 Å². The van der Waals surface area contributed by atoms with Crippen molar-refractivity contribution in [1.29, 1.82) is 0 Å². The van der Waals surface area contributed by atoms with Gasteiger partial charge >= 0.3 is 0 Å². The fourth-order valence-electron chi connectivity index (χ4n) is 1.17. The second kappa shape index (κ2) is 6.56. The third-order valence-corrected chi connectivity index (χ3v) is 3.27. The van der Waals surface area contributed by atoms with E-state index in [-0.39, 0.29) is 0 Å². The summed E-state index contributed by atoms with van der Waals surface area (Å²) in [5.74, 6) is 0.651. The van der Waals surface area contributed by atoms with Crippen LogP contribution in [0.4, 0.5) is 5.69 Å². The van der Waals surface area contributed by atoms with Crippen LogP contribution in [0.3, 0.4) is 0 Å². The van der Waals surface area contributed by atoms with Crippen LogP contribution in [-0.2, 0) is 0 Å². The molecule has 1 unspecified atom stereocenters. The van der Waals surface area contributed by atoms with Gasteiger partial charge in [0, 0.05) is 29.7 Å². The van der Waals surface area contributed by atoms with Gasteiger partial charge in [0.15, 0.2) is 0 Å². The summed E-state index contributed by atoms with van der Waals surface area (Å²) >= 11 is 1.89. The summed E-state index contributed by atoms with van der Waals surface area (Å²) in [5, 5.41) is 4.05. The molecule has 1 atom stereocenters. The molecule has 0 fully saturated rings. The van der Waals surface area contributed by atoms with Crippen LogP contribution in [0.5, 0.6) is 5.88 Å². The number of thioether (sulfide) groups is 1. The van der Waals surface area contributed by atoms with Gasteiger partial charge in [-0.25, -0.2) is 4.98 Å². The zero-order valence-corrected chi connectivity index (χ0v) is 10.3. The van der Waals surface area contributed by atoms with Crippen molar-refractivity contribution in [2.24, 2.45) is 0 Å². The number of aromatic nitrogens is 1. The van der Waals surface area contributed by atoms with Gasteiger partial charge in [0.05, 0.1) is 7.11 Å². The van der Waals surface area contributed by atoms with Crippen molar-refractivity contribution in [2.45, 2.75) is 18.6 Å². The van der Waals surface area contributed by atoms with Gasteiger partial charge in [-0.3, -0.25) is 0 Å². The summed E-state index contributed by atoms with van der Waals surface area (Å²) in [7, 11) is 1.63. The summed E-state index contributed by atoms with van der Waals surface area (Å²) in [6.07, 6.45) is 5.05. The average molecular weight is 226 g/mol. The fraction of sp³-hybridized carbons (Fsp3) is 0.545. The van der Waals surface area contributed by atoms with Crippen molar-refractivity contribution in [3.8, 4) is 5.88 Å². The molecule has 4 heteroatoms. The quantitative estimate of drug-likeness (QED) is 0.808. The molecule has 0 aliphatic rings. The molecule has 1 aromatic rings. The second-order valence-corrected chi connectivity index (χ2v) is 4.62. The third-order valence-electron chi connectivity index (χ3n) is 2.23. The Bertz CT molecular complexity index is 294. The van der Waals surface area contributed by atoms with E-state index in [4.69, 9.17) is 4.74 Å². The predicted molar refractivity (Wildman–Crippen MR) is 66.9 cm³/mol. The van der Waals surface area contributed by atoms with Crippen molar-refractivity contribution in [3.05, 3.63) is 18.3 Å². The lowest BCUT2D eigenvalue weighted by Crippen LogP contribution is -2.07. The highest BCUT2D eigenvalue weighted by molar-refractivity contribution is 7.99. The first-order chi connectivity index (χ1) is 7.26. The van der Waals surface area contributed by atoms with Crippen LogP contribution in [0.1, 0.15) is 13.3 Å². The largest absolute Gasteiger partial charge is 0.481 e. The average Bonchev–Trinajstić information content (AvgIpc) is 2.29. The van der Waals surface area contributed by atoms with Gasteiger partial charge in [-0.1, -0.05) is 6.92 Å². The fourth-order valence-corrected chi connectivity index (χ4v) is 1.52. The minimum Gasteiger partial charge on any atom is -0.481 e. The highest BCUT2D eigenvalue weighted by Gasteiger charge is 1.99. The second-order valence-electron chi connectivity index (χ2n) is 3.35. The molecular weight excluding hydrogens is 208 g/mol. The van der Waals surface area contributed by atoms with E-state index in [9.17, 15) is 0 Å². The zero-order chi connectivity index (χ0) is 11.1. The topological polar surface area (TPSA) is 34.1 Å². The lowest BCUT2D eigenvalue weighted by Gasteiger charge is -2.10. The van der Waals surface area contributed by atoms with E-state index < -0.39 is 0 Å². The van der Waals surface area contributed by atoms with Crippen molar-refractivity contribution >= 4 is 17.4 Å². The third kappa shape index (κ3) is 4.42. The van der Waals surface area contributed by atoms with Gasteiger partial charge in [0.25, 0.3) is 0 Å². The Morgan fingerprint density at radius 1 is 1.60 bits per heavy atom. The Morgan fingerprint density at radius 3 is 3.07 bits per heavy atom. The first kappa shape index (κ1) is 12.2. The van der Waals surface area contributed by atoms with E-state index in [1.807, 2.05) is 23.9 Å². The highest BCUT2D eigenvalue weighted by Crippen LogP contribution is 2.14. The lowest BCUT2D eigenvalue weighted by atomic mass is 10.3. The number of ether oxygens (including phenoxy) is 1. The maximum Gasteiger partial charge on any atom is 0.214 e. The molecule has 15 heavy (non-hydrogen) atoms. The van der Waals surface area contributed by atoms with Crippen molar-refractivity contribution in [1.82, 2.24) is 4.98 Å². The van der Waals surface area contributed by atoms with Crippen LogP contribution in [0.15, 0.2) is 18.3 Å². The number of anilines is 1. The van der Waals surface area contributed by atoms with Crippen LogP contribution in [0.2, 0.25) is 0 Å². The maximum atomic E-state index is 5.05. The van der Waals surface area contributed by atoms with E-state index in [0.29, 0.717) is 11.1 Å². The van der Waals surface area contributed by atoms with E-state index in [2.05, 4.69) is 23.5 Å². The summed E-state index contributed by atoms with van der Waals surface area (Å²) in [6.45, 7) is 3.22. The van der Waals surface area contributed by atoms with Crippen LogP contribution in [0, 0.1) is 0 Å². The molecule has 84 valence electrons. The smallest absolute Gasteiger partial charge is 0.214 e. The van der Waals surface area contributed by atoms with Gasteiger partial charge in [0.1, 0.15) is 0 Å². The van der Waals surface area contributed by atoms with Gasteiger partial charge in [0.2, 0.25) is 5.88 Å². The summed E-state index contributed by atoms with van der Waals surface area (Å²) < 4.78 is 5.05. The number of hydrogen-bond acceptors (Lipinski definition) is 4. The molecule has 1 aromatic heterocycles. The van der Waals surface area contributed by atoms with Crippen LogP contribution in [-0.4, -0.2) is 30.1 Å². The minimum absolute atomic E-state index is 0.651. The monoisotopic (exact) mass is 226 g/mol. The Hall–Kier alpha value is -0.900. The summed E-state index contributed by atoms with van der Waals surface area (Å²) in [5.41, 5.74) is 1.06. The normalized spacial score (nSPS) is 12.2. The number of nitrogens with one attached hydrogen (secondary N) is 1. The molecule has 0 saturated carbocycles. The Labute approximate surface area is 95.6 Å². The van der Waals surface area contributed by atoms with Crippen molar-refractivity contribution < 1.29 is 4.74 Å². The number of hydrogen-bond donors (Lipinski definition) is 1. The molecule has 0 saturated heterocycles. The van der Waals surface area contributed by atoms with E-state index in [1.54, 1.807) is 13.3 Å². The van der Waals surface area contributed by atoms with Crippen LogP contribution < -0.4 is 10.1 Å². The van der Waals surface area contributed by atoms with Crippen LogP contribution >= 0.6 is 11.8 Å². The molecule has 1 N–H and O–H groups in total. The van der Waals surface area contributed by atoms with Crippen molar-refractivity contribution in [2.75, 3.05) is 25.2 Å². The highest BCUT2D eigenvalue weighted by atomic mass is 32.2. The maximum absolute atomic E-state index is 5.05. The van der Waals surface area contributed by atoms with Crippen LogP contribution in [0.25, 0.3) is 0 Å². The molecule has 0 amide bonds. The summed E-state index contributed by atoms with van der Waals surface area (Å²) in [6, 6.07) is 3.86. The van der Waals surface area contributed by atoms with Gasteiger partial charge in [-0.2, -0.15) is 11.8 Å². The molecule has 1 heterocycles. The van der Waals surface area contributed by atoms with Crippen molar-refractivity contribution in [3.63, 3.8) is 0 Å². The molecule has 0 aliphatic carbocycles. The number of nitrogens with zero attached hydrogens (tertiary/aromatic N) is 1. The number of pyridine rings is 1. The number of rotatable bonds is 6. The molecule has 0 bridgehead atoms. The zero-order valence-electron chi connectivity index (χ0n) is 9.49. The van der Waals surface area contributed by atoms with E-state index in [1.165, 1.54) is 0 Å².